The van der Waals surface area contributed by atoms with Crippen LogP contribution in [0.1, 0.15) is 0 Å². The molecule has 1 heterocycles. The highest BCUT2D eigenvalue weighted by Gasteiger charge is 2.16. The molecule has 0 atom stereocenters. The third kappa shape index (κ3) is 2.51. The molecule has 0 saturated heterocycles. The highest BCUT2D eigenvalue weighted by molar-refractivity contribution is 9.10. The monoisotopic (exact) mass is 339 g/mol. The number of nitrogens with two attached hydrogens (primary N) is 1. The Kier molecular flexibility index (Phi) is 3.40. The van der Waals surface area contributed by atoms with Crippen molar-refractivity contribution in [3.05, 3.63) is 40.6 Å². The molecule has 3 rings (SSSR count). The Labute approximate surface area is 123 Å². The van der Waals surface area contributed by atoms with Gasteiger partial charge in [-0.05, 0) is 18.2 Å². The fraction of sp³-hybridized carbons (Fsp3) is 0.143. The van der Waals surface area contributed by atoms with Gasteiger partial charge < -0.3 is 19.9 Å². The molecule has 2 aromatic carbocycles. The number of rotatable bonds is 2. The van der Waals surface area contributed by atoms with Crippen LogP contribution >= 0.6 is 15.9 Å². The molecule has 0 unspecified atom stereocenters. The summed E-state index contributed by atoms with van der Waals surface area (Å²) >= 11 is 3.27. The van der Waals surface area contributed by atoms with E-state index in [1.165, 1.54) is 12.1 Å². The van der Waals surface area contributed by atoms with Crippen LogP contribution in [-0.2, 0) is 0 Å². The predicted molar refractivity (Wildman–Crippen MR) is 76.0 cm³/mol. The lowest BCUT2D eigenvalue weighted by atomic mass is 10.2. The molecule has 0 aliphatic carbocycles. The second kappa shape index (κ2) is 5.20. The van der Waals surface area contributed by atoms with Gasteiger partial charge in [0.2, 0.25) is 0 Å². The maximum absolute atomic E-state index is 13.7. The number of ether oxygens (including phenoxy) is 3. The summed E-state index contributed by atoms with van der Waals surface area (Å²) in [5, 5.41) is 0. The Balaban J connectivity index is 1.96. The average Bonchev–Trinajstić information content (AvgIpc) is 2.43. The van der Waals surface area contributed by atoms with Crippen molar-refractivity contribution in [3.63, 3.8) is 0 Å². The minimum Gasteiger partial charge on any atom is -0.486 e. The molecule has 1 aliphatic heterocycles. The zero-order valence-electron chi connectivity index (χ0n) is 10.4. The largest absolute Gasteiger partial charge is 0.486 e. The zero-order chi connectivity index (χ0) is 14.1. The zero-order valence-corrected chi connectivity index (χ0v) is 11.9. The van der Waals surface area contributed by atoms with Gasteiger partial charge in [0.15, 0.2) is 28.8 Å². The predicted octanol–water partition coefficient (Wildman–Crippen LogP) is 3.73. The molecule has 2 N–H and O–H groups in total. The summed E-state index contributed by atoms with van der Waals surface area (Å²) in [6.07, 6.45) is 0. The van der Waals surface area contributed by atoms with Crippen LogP contribution in [0, 0.1) is 5.82 Å². The Morgan fingerprint density at radius 3 is 2.50 bits per heavy atom. The molecule has 0 amide bonds. The van der Waals surface area contributed by atoms with Crippen LogP contribution in [-0.4, -0.2) is 13.2 Å². The maximum atomic E-state index is 13.7. The van der Waals surface area contributed by atoms with Gasteiger partial charge in [-0.15, -0.1) is 0 Å². The first-order valence-electron chi connectivity index (χ1n) is 5.95. The van der Waals surface area contributed by atoms with E-state index in [0.717, 1.165) is 0 Å². The van der Waals surface area contributed by atoms with Crippen molar-refractivity contribution in [2.24, 2.45) is 0 Å². The SMILES string of the molecule is Nc1cc2c(cc1Oc1cc(Br)ccc1F)OCCO2. The standard InChI is InChI=1S/C14H11BrFNO3/c15-8-1-2-9(16)11(5-8)20-12-7-14-13(6-10(12)17)18-3-4-19-14/h1-2,5-7H,3-4,17H2. The van der Waals surface area contributed by atoms with Gasteiger partial charge in [0.05, 0.1) is 5.69 Å². The highest BCUT2D eigenvalue weighted by atomic mass is 79.9. The summed E-state index contributed by atoms with van der Waals surface area (Å²) in [6, 6.07) is 7.65. The number of anilines is 1. The quantitative estimate of drug-likeness (QED) is 0.847. The van der Waals surface area contributed by atoms with E-state index in [1.54, 1.807) is 18.2 Å². The van der Waals surface area contributed by atoms with E-state index in [1.807, 2.05) is 0 Å². The van der Waals surface area contributed by atoms with Crippen molar-refractivity contribution >= 4 is 21.6 Å². The van der Waals surface area contributed by atoms with Crippen molar-refractivity contribution in [2.45, 2.75) is 0 Å². The molecule has 0 saturated carbocycles. The van der Waals surface area contributed by atoms with E-state index in [4.69, 9.17) is 19.9 Å². The number of nitrogen functional groups attached to an aromatic ring is 1. The summed E-state index contributed by atoms with van der Waals surface area (Å²) in [4.78, 5) is 0. The second-order valence-corrected chi connectivity index (χ2v) is 5.13. The lowest BCUT2D eigenvalue weighted by Crippen LogP contribution is -2.15. The van der Waals surface area contributed by atoms with Crippen molar-refractivity contribution in [2.75, 3.05) is 18.9 Å². The van der Waals surface area contributed by atoms with Crippen molar-refractivity contribution < 1.29 is 18.6 Å². The topological polar surface area (TPSA) is 53.7 Å². The number of hydrogen-bond acceptors (Lipinski definition) is 4. The molecule has 4 nitrogen and oxygen atoms in total. The second-order valence-electron chi connectivity index (χ2n) is 4.21. The van der Waals surface area contributed by atoms with Crippen molar-refractivity contribution in [1.82, 2.24) is 0 Å². The van der Waals surface area contributed by atoms with E-state index in [-0.39, 0.29) is 5.75 Å². The summed E-state index contributed by atoms with van der Waals surface area (Å²) < 4.78 is 30.8. The molecular weight excluding hydrogens is 329 g/mol. The Bertz CT molecular complexity index is 663. The average molecular weight is 340 g/mol. The molecule has 1 aliphatic rings. The van der Waals surface area contributed by atoms with Crippen LogP contribution in [0.15, 0.2) is 34.8 Å². The normalized spacial score (nSPS) is 13.1. The van der Waals surface area contributed by atoms with E-state index in [9.17, 15) is 4.39 Å². The van der Waals surface area contributed by atoms with Crippen LogP contribution < -0.4 is 19.9 Å². The number of hydrogen-bond donors (Lipinski definition) is 1. The Hall–Kier alpha value is -1.95. The first-order valence-corrected chi connectivity index (χ1v) is 6.75. The molecule has 20 heavy (non-hydrogen) atoms. The van der Waals surface area contributed by atoms with Gasteiger partial charge in [-0.2, -0.15) is 0 Å². The molecule has 2 aromatic rings. The molecule has 0 bridgehead atoms. The molecular formula is C14H11BrFNO3. The number of fused-ring (bicyclic) bond motifs is 1. The molecule has 0 aromatic heterocycles. The van der Waals surface area contributed by atoms with Gasteiger partial charge in [0.1, 0.15) is 13.2 Å². The van der Waals surface area contributed by atoms with Crippen LogP contribution in [0.25, 0.3) is 0 Å². The fourth-order valence-corrected chi connectivity index (χ4v) is 2.19. The Morgan fingerprint density at radius 2 is 1.75 bits per heavy atom. The minimum atomic E-state index is -0.470. The van der Waals surface area contributed by atoms with Crippen LogP contribution in [0.3, 0.4) is 0 Å². The smallest absolute Gasteiger partial charge is 0.165 e. The van der Waals surface area contributed by atoms with Crippen molar-refractivity contribution in [1.29, 1.82) is 0 Å². The molecule has 104 valence electrons. The summed E-state index contributed by atoms with van der Waals surface area (Å²) in [6.45, 7) is 0.939. The summed E-state index contributed by atoms with van der Waals surface area (Å²) in [5.41, 5.74) is 6.24. The molecule has 0 radical (unpaired) electrons. The maximum Gasteiger partial charge on any atom is 0.165 e. The first kappa shape index (κ1) is 13.1. The van der Waals surface area contributed by atoms with Crippen LogP contribution in [0.5, 0.6) is 23.0 Å². The van der Waals surface area contributed by atoms with E-state index in [0.29, 0.717) is 40.6 Å². The van der Waals surface area contributed by atoms with Crippen LogP contribution in [0.2, 0.25) is 0 Å². The molecule has 6 heteroatoms. The van der Waals surface area contributed by atoms with Gasteiger partial charge in [-0.3, -0.25) is 0 Å². The molecule has 0 fully saturated rings. The molecule has 0 spiro atoms. The van der Waals surface area contributed by atoms with Gasteiger partial charge in [0.25, 0.3) is 0 Å². The lowest BCUT2D eigenvalue weighted by molar-refractivity contribution is 0.171. The number of halogens is 2. The van der Waals surface area contributed by atoms with E-state index < -0.39 is 5.82 Å². The Morgan fingerprint density at radius 1 is 1.05 bits per heavy atom. The first-order chi connectivity index (χ1) is 9.63. The summed E-state index contributed by atoms with van der Waals surface area (Å²) in [7, 11) is 0. The van der Waals surface area contributed by atoms with E-state index in [2.05, 4.69) is 15.9 Å². The van der Waals surface area contributed by atoms with Gasteiger partial charge in [-0.25, -0.2) is 4.39 Å². The van der Waals surface area contributed by atoms with Gasteiger partial charge >= 0.3 is 0 Å². The van der Waals surface area contributed by atoms with Crippen LogP contribution in [0.4, 0.5) is 10.1 Å². The summed E-state index contributed by atoms with van der Waals surface area (Å²) in [5.74, 6) is 1.04. The van der Waals surface area contributed by atoms with E-state index >= 15 is 0 Å². The highest BCUT2D eigenvalue weighted by Crippen LogP contribution is 2.40. The van der Waals surface area contributed by atoms with Crippen molar-refractivity contribution in [3.8, 4) is 23.0 Å². The fourth-order valence-electron chi connectivity index (χ4n) is 1.85. The third-order valence-electron chi connectivity index (χ3n) is 2.79. The third-order valence-corrected chi connectivity index (χ3v) is 3.28. The lowest BCUT2D eigenvalue weighted by Gasteiger charge is -2.20. The van der Waals surface area contributed by atoms with Gasteiger partial charge in [0, 0.05) is 16.6 Å². The number of benzene rings is 2. The van der Waals surface area contributed by atoms with Gasteiger partial charge in [-0.1, -0.05) is 15.9 Å². The minimum absolute atomic E-state index is 0.0859.